The number of anilines is 2. The molecule has 0 aliphatic carbocycles. The molecule has 0 aliphatic heterocycles. The quantitative estimate of drug-likeness (QED) is 0.343. The number of benzene rings is 2. The van der Waals surface area contributed by atoms with Crippen LogP contribution >= 0.6 is 12.2 Å². The van der Waals surface area contributed by atoms with Gasteiger partial charge >= 0.3 is 5.97 Å². The third kappa shape index (κ3) is 8.38. The first-order valence-electron chi connectivity index (χ1n) is 7.49. The number of nitro groups is 1. The zero-order valence-corrected chi connectivity index (χ0v) is 16.6. The molecule has 2 aromatic carbocycles. The van der Waals surface area contributed by atoms with E-state index < -0.39 is 21.7 Å². The minimum atomic E-state index is -0.611. The molecular weight excluding hydrogens is 390 g/mol. The molecule has 144 valence electrons. The number of carbonyl (C=O) groups excluding carboxylic acids is 1. The SMILES string of the molecule is COC(=O)c1ccc(NC(=S)Nc2ccc([N+](=O)[O-])cc2)cc1.CS(C)=O. The molecule has 0 spiro atoms. The van der Waals surface area contributed by atoms with Crippen LogP contribution in [0.5, 0.6) is 0 Å². The van der Waals surface area contributed by atoms with Crippen LogP contribution in [-0.4, -0.2) is 39.8 Å². The fourth-order valence-electron chi connectivity index (χ4n) is 1.77. The molecule has 0 atom stereocenters. The first-order valence-corrected chi connectivity index (χ1v) is 9.86. The number of hydrogen-bond donors (Lipinski definition) is 2. The summed E-state index contributed by atoms with van der Waals surface area (Å²) in [7, 11) is 0.706. The first-order chi connectivity index (χ1) is 12.7. The summed E-state index contributed by atoms with van der Waals surface area (Å²) in [5, 5.41) is 16.8. The normalized spacial score (nSPS) is 9.63. The maximum absolute atomic E-state index is 11.3. The highest BCUT2D eigenvalue weighted by atomic mass is 32.2. The van der Waals surface area contributed by atoms with Crippen molar-refractivity contribution in [3.63, 3.8) is 0 Å². The lowest BCUT2D eigenvalue weighted by Crippen LogP contribution is -2.19. The fourth-order valence-corrected chi connectivity index (χ4v) is 2.00. The second kappa shape index (κ2) is 11.0. The van der Waals surface area contributed by atoms with Crippen molar-refractivity contribution in [1.29, 1.82) is 0 Å². The van der Waals surface area contributed by atoms with Crippen LogP contribution in [0.4, 0.5) is 17.1 Å². The minimum Gasteiger partial charge on any atom is -0.465 e. The number of rotatable bonds is 4. The number of nitrogens with zero attached hydrogens (tertiary/aromatic N) is 1. The highest BCUT2D eigenvalue weighted by Gasteiger charge is 2.06. The summed E-state index contributed by atoms with van der Waals surface area (Å²) in [5.74, 6) is -0.414. The molecule has 0 aromatic heterocycles. The number of nitro benzene ring substituents is 1. The van der Waals surface area contributed by atoms with Gasteiger partial charge < -0.3 is 15.4 Å². The van der Waals surface area contributed by atoms with Crippen molar-refractivity contribution in [1.82, 2.24) is 0 Å². The molecule has 0 radical (unpaired) electrons. The number of non-ortho nitro benzene ring substituents is 1. The van der Waals surface area contributed by atoms with Crippen molar-refractivity contribution in [3.8, 4) is 0 Å². The third-order valence-electron chi connectivity index (χ3n) is 2.90. The molecule has 0 unspecified atom stereocenters. The van der Waals surface area contributed by atoms with Crippen LogP contribution in [0.2, 0.25) is 0 Å². The highest BCUT2D eigenvalue weighted by Crippen LogP contribution is 2.16. The number of hydrogen-bond acceptors (Lipinski definition) is 6. The lowest BCUT2D eigenvalue weighted by molar-refractivity contribution is -0.384. The predicted octanol–water partition coefficient (Wildman–Crippen LogP) is 3.19. The predicted molar refractivity (Wildman–Crippen MR) is 111 cm³/mol. The number of ether oxygens (including phenoxy) is 1. The van der Waals surface area contributed by atoms with Gasteiger partial charge in [-0.2, -0.15) is 0 Å². The molecule has 0 saturated heterocycles. The van der Waals surface area contributed by atoms with Gasteiger partial charge in [0.05, 0.1) is 17.6 Å². The maximum atomic E-state index is 11.3. The highest BCUT2D eigenvalue weighted by molar-refractivity contribution is 7.83. The molecule has 0 heterocycles. The average Bonchev–Trinajstić information content (AvgIpc) is 2.61. The molecule has 0 amide bonds. The molecule has 10 heteroatoms. The van der Waals surface area contributed by atoms with Crippen LogP contribution in [0.3, 0.4) is 0 Å². The number of esters is 1. The van der Waals surface area contributed by atoms with E-state index in [9.17, 15) is 19.1 Å². The van der Waals surface area contributed by atoms with E-state index in [1.807, 2.05) is 0 Å². The van der Waals surface area contributed by atoms with Crippen molar-refractivity contribution < 1.29 is 18.7 Å². The maximum Gasteiger partial charge on any atom is 0.337 e. The molecule has 0 fully saturated rings. The smallest absolute Gasteiger partial charge is 0.337 e. The summed E-state index contributed by atoms with van der Waals surface area (Å²) in [4.78, 5) is 21.5. The van der Waals surface area contributed by atoms with Gasteiger partial charge in [-0.15, -0.1) is 0 Å². The summed E-state index contributed by atoms with van der Waals surface area (Å²) in [6.07, 6.45) is 3.28. The van der Waals surface area contributed by atoms with Gasteiger partial charge in [0.1, 0.15) is 0 Å². The van der Waals surface area contributed by atoms with Gasteiger partial charge in [-0.1, -0.05) is 0 Å². The Bertz CT molecular complexity index is 819. The zero-order valence-electron chi connectivity index (χ0n) is 14.9. The summed E-state index contributed by atoms with van der Waals surface area (Å²) < 4.78 is 14.2. The Labute approximate surface area is 164 Å². The van der Waals surface area contributed by atoms with E-state index >= 15 is 0 Å². The van der Waals surface area contributed by atoms with E-state index in [0.29, 0.717) is 22.1 Å². The van der Waals surface area contributed by atoms with Gasteiger partial charge in [-0.25, -0.2) is 4.79 Å². The van der Waals surface area contributed by atoms with E-state index in [1.165, 1.54) is 19.2 Å². The topological polar surface area (TPSA) is 111 Å². The van der Waals surface area contributed by atoms with E-state index in [-0.39, 0.29) is 5.69 Å². The van der Waals surface area contributed by atoms with Gasteiger partial charge in [-0.05, 0) is 48.6 Å². The lowest BCUT2D eigenvalue weighted by Gasteiger charge is -2.10. The van der Waals surface area contributed by atoms with Gasteiger partial charge in [0, 0.05) is 46.8 Å². The van der Waals surface area contributed by atoms with Crippen molar-refractivity contribution in [2.24, 2.45) is 0 Å². The number of methoxy groups -OCH3 is 1. The van der Waals surface area contributed by atoms with Gasteiger partial charge in [0.15, 0.2) is 5.11 Å². The standard InChI is InChI=1S/C15H13N3O4S.C2H6OS/c1-22-14(19)10-2-4-11(5-3-10)16-15(23)17-12-6-8-13(9-7-12)18(20)21;1-4(2)3/h2-9H,1H3,(H2,16,17,23);1-2H3. The molecule has 8 nitrogen and oxygen atoms in total. The molecule has 2 aromatic rings. The van der Waals surface area contributed by atoms with E-state index in [4.69, 9.17) is 12.2 Å². The second-order valence-corrected chi connectivity index (χ2v) is 7.09. The van der Waals surface area contributed by atoms with Crippen LogP contribution in [-0.2, 0) is 15.5 Å². The molecule has 2 rings (SSSR count). The average molecular weight is 409 g/mol. The van der Waals surface area contributed by atoms with Crippen LogP contribution in [0.25, 0.3) is 0 Å². The summed E-state index contributed by atoms with van der Waals surface area (Å²) in [6.45, 7) is 0. The van der Waals surface area contributed by atoms with Crippen molar-refractivity contribution in [2.45, 2.75) is 0 Å². The molecule has 27 heavy (non-hydrogen) atoms. The molecule has 0 bridgehead atoms. The van der Waals surface area contributed by atoms with E-state index in [1.54, 1.807) is 48.9 Å². The lowest BCUT2D eigenvalue weighted by atomic mass is 10.2. The Hall–Kier alpha value is -2.85. The number of thiocarbonyl (C=S) groups is 1. The minimum absolute atomic E-state index is 0.00725. The van der Waals surface area contributed by atoms with Crippen molar-refractivity contribution >= 4 is 51.2 Å². The summed E-state index contributed by atoms with van der Waals surface area (Å²) >= 11 is 5.16. The Morgan fingerprint density at radius 3 is 1.81 bits per heavy atom. The van der Waals surface area contributed by atoms with Crippen molar-refractivity contribution in [3.05, 3.63) is 64.2 Å². The Kier molecular flexibility index (Phi) is 9.03. The monoisotopic (exact) mass is 409 g/mol. The van der Waals surface area contributed by atoms with Crippen LogP contribution < -0.4 is 10.6 Å². The summed E-state index contributed by atoms with van der Waals surface area (Å²) in [6, 6.07) is 12.5. The Morgan fingerprint density at radius 1 is 1.04 bits per heavy atom. The molecular formula is C17H19N3O5S2. The summed E-state index contributed by atoms with van der Waals surface area (Å²) in [5.41, 5.74) is 1.76. The van der Waals surface area contributed by atoms with Gasteiger partial charge in [0.25, 0.3) is 5.69 Å². The molecule has 0 saturated carbocycles. The third-order valence-corrected chi connectivity index (χ3v) is 3.10. The number of nitrogens with one attached hydrogen (secondary N) is 2. The largest absolute Gasteiger partial charge is 0.465 e. The van der Waals surface area contributed by atoms with Gasteiger partial charge in [0.2, 0.25) is 0 Å². The van der Waals surface area contributed by atoms with Crippen LogP contribution in [0.15, 0.2) is 48.5 Å². The van der Waals surface area contributed by atoms with Gasteiger partial charge in [-0.3, -0.25) is 14.3 Å². The number of carbonyl (C=O) groups is 1. The van der Waals surface area contributed by atoms with E-state index in [2.05, 4.69) is 15.4 Å². The fraction of sp³-hybridized carbons (Fsp3) is 0.176. The zero-order chi connectivity index (χ0) is 20.4. The first kappa shape index (κ1) is 22.2. The second-order valence-electron chi connectivity index (χ2n) is 5.19. The Morgan fingerprint density at radius 2 is 1.44 bits per heavy atom. The molecule has 0 aliphatic rings. The van der Waals surface area contributed by atoms with Crippen LogP contribution in [0.1, 0.15) is 10.4 Å². The van der Waals surface area contributed by atoms with E-state index in [0.717, 1.165) is 0 Å². The van der Waals surface area contributed by atoms with Crippen LogP contribution in [0, 0.1) is 10.1 Å². The van der Waals surface area contributed by atoms with Crippen molar-refractivity contribution in [2.75, 3.05) is 30.3 Å². The Balaban J connectivity index is 0.000000828. The molecule has 2 N–H and O–H groups in total.